The van der Waals surface area contributed by atoms with Crippen molar-refractivity contribution >= 4 is 110 Å². The van der Waals surface area contributed by atoms with E-state index in [1.807, 2.05) is 86.6 Å². The highest BCUT2D eigenvalue weighted by atomic mass is 35.5. The quantitative estimate of drug-likeness (QED) is 0.00806. The molecule has 13 rings (SSSR count). The van der Waals surface area contributed by atoms with Crippen molar-refractivity contribution in [2.45, 2.75) is 236 Å². The number of halogens is 4. The lowest BCUT2D eigenvalue weighted by Gasteiger charge is -2.38. The lowest BCUT2D eigenvalue weighted by molar-refractivity contribution is -0.176. The van der Waals surface area contributed by atoms with E-state index in [1.54, 1.807) is 169 Å². The van der Waals surface area contributed by atoms with E-state index < -0.39 is 128 Å². The number of carbonyl (C=O) groups excluding carboxylic acids is 5. The number of ether oxygens (including phenoxy) is 2. The highest BCUT2D eigenvalue weighted by Gasteiger charge is 2.45. The van der Waals surface area contributed by atoms with Gasteiger partial charge in [-0.05, 0) is 318 Å². The van der Waals surface area contributed by atoms with Gasteiger partial charge in [-0.1, -0.05) is 131 Å². The number of aromatic carboxylic acids is 1. The number of carbonyl (C=O) groups is 6. The fraction of sp³-hybridized carbons (Fsp3) is 0.388. The van der Waals surface area contributed by atoms with Gasteiger partial charge in [0.1, 0.15) is 34.3 Å². The van der Waals surface area contributed by atoms with Crippen LogP contribution in [-0.4, -0.2) is 115 Å². The van der Waals surface area contributed by atoms with E-state index in [0.29, 0.717) is 81.8 Å². The number of hydrogen-bond acceptors (Lipinski definition) is 19. The minimum atomic E-state index is -1.60. The number of primary amides is 2. The van der Waals surface area contributed by atoms with Crippen LogP contribution in [0.15, 0.2) is 188 Å². The fourth-order valence-electron chi connectivity index (χ4n) is 14.8. The summed E-state index contributed by atoms with van der Waals surface area (Å²) >= 11 is 0. The van der Waals surface area contributed by atoms with Gasteiger partial charge in [-0.3, -0.25) is 24.9 Å². The molecule has 3 aliphatic rings. The fourth-order valence-corrected chi connectivity index (χ4v) is 17.7. The molecule has 6 atom stereocenters. The van der Waals surface area contributed by atoms with Crippen LogP contribution in [0.5, 0.6) is 0 Å². The summed E-state index contributed by atoms with van der Waals surface area (Å²) in [6.07, 6.45) is 10.4. The number of rotatable bonds is 32. The maximum atomic E-state index is 15.7. The van der Waals surface area contributed by atoms with Crippen molar-refractivity contribution in [3.05, 3.63) is 301 Å². The van der Waals surface area contributed by atoms with Gasteiger partial charge in [0.25, 0.3) is 17.5 Å². The Labute approximate surface area is 846 Å². The van der Waals surface area contributed by atoms with E-state index in [-0.39, 0.29) is 77.2 Å². The minimum absolute atomic E-state index is 0. The number of amides is 5. The molecule has 2 aromatic heterocycles. The third-order valence-corrected chi connectivity index (χ3v) is 27.9. The number of carboxylic acids is 1. The van der Waals surface area contributed by atoms with Crippen molar-refractivity contribution in [1.82, 2.24) is 50.5 Å². The van der Waals surface area contributed by atoms with Crippen molar-refractivity contribution in [3.63, 3.8) is 0 Å². The van der Waals surface area contributed by atoms with Crippen molar-refractivity contribution in [3.8, 4) is 17.4 Å². The number of nitrogens with zero attached hydrogens (tertiary/aromatic N) is 7. The zero-order valence-electron chi connectivity index (χ0n) is 82.8. The van der Waals surface area contributed by atoms with Crippen LogP contribution in [0.25, 0.3) is 21.1 Å². The first-order valence-corrected chi connectivity index (χ1v) is 48.8. The summed E-state index contributed by atoms with van der Waals surface area (Å²) in [7, 11) is -4.37. The second-order valence-electron chi connectivity index (χ2n) is 39.5. The standard InChI is InChI=1S/C40H46FN7O5S.C23H30FN3O2S.C23H28FN3OS.C17H18N4O4.ClH.H3N.H2O2.H2O/c1-38(2,3)53-37(51)44-24-26-9-8-10-30(21-26)48-33(23-34(43-7)46-48)36(50)45-32-22-29(17-18-31(32)41)40(20-19-25-11-12-25,47-54(52)39(4,5)6)28-15-13-27(14-16-28)35(42)49;1-22(2,3)30(29)27-23(13-12-15-4-5-15,18-10-11-19(24)20(25)14-18)17-8-6-16(7-9-17)21(26)28;1-22(2,3)29(28)27-23(13-12-16-4-5-16,18-8-6-17(15-25)7-9-18)19-10-11-20(24)21(26)14-19;1-17(2,3)25-16(24)19-10-11-6-5-7-12(8-11)21-13(15(22)23)9-14(18-4)20-21;;;1-2;/h8-10,13-18,21-23,25,47H,11-12,19-20,24H2,1-6H3,(H2,42,49)(H,44,51)(H,45,50);6-11,14-15,27H,4-5,12-13,25H2,1-3H3,(H2,26,28);6-11,14,16,27H,4-5,12-13,26H2,1-3H3;5-9H,10H2,1-3H3,(H,19,24)(H,22,23);1H;1H3;1-2H;1H2/t40?,54-;;;;;;;/m1......./s1. The Balaban J connectivity index is 0.000000303. The SMILES string of the molecule is CC(C)(C)S(=O)NC(CCC1CC1)(c1ccc(C#N)cc1)c1ccc(F)c(N)c1.CC(C)(C)S(=O)NC(CCC1CC1)(c1ccc(C(N)=O)cc1)c1ccc(F)c(N)c1.Cl.N.O.OO.[C-]#[N+]c1cc(C(=O)Nc2cc(C(CCC3CC3)(N[S@](=O)C(C)(C)C)c3ccc(C(N)=O)cc3)ccc2F)n(-c2cccc(CNC(=O)OC(C)(C)C)c2)n1.[C-]#[N+]c1cc(C(=O)O)n(-c2cccc(CNC(=O)OC(C)(C)C)c2)n1. The van der Waals surface area contributed by atoms with Crippen molar-refractivity contribution in [1.29, 1.82) is 5.26 Å². The number of carboxylic acid groups (broad SMARTS) is 1. The van der Waals surface area contributed by atoms with Gasteiger partial charge in [0.2, 0.25) is 11.8 Å². The average molecular weight is 2050 g/mol. The van der Waals surface area contributed by atoms with Crippen molar-refractivity contribution in [2.75, 3.05) is 16.8 Å². The molecule has 3 fully saturated rings. The van der Waals surface area contributed by atoms with Crippen LogP contribution in [-0.2, 0) is 72.1 Å². The van der Waals surface area contributed by atoms with Gasteiger partial charge in [0.05, 0.1) is 104 Å². The third-order valence-electron chi connectivity index (χ3n) is 22.9. The molecule has 0 spiro atoms. The molecule has 768 valence electrons. The molecule has 143 heavy (non-hydrogen) atoms. The van der Waals surface area contributed by atoms with Crippen molar-refractivity contribution in [2.24, 2.45) is 29.2 Å². The Hall–Kier alpha value is -13.1. The molecule has 40 heteroatoms. The van der Waals surface area contributed by atoms with Gasteiger partial charge < -0.3 is 74.8 Å². The smallest absolute Gasteiger partial charge is 0.407 e. The van der Waals surface area contributed by atoms with E-state index in [4.69, 9.17) is 56.1 Å². The van der Waals surface area contributed by atoms with Crippen LogP contribution >= 0.6 is 12.4 Å². The Morgan fingerprint density at radius 2 is 0.790 bits per heavy atom. The zero-order valence-corrected chi connectivity index (χ0v) is 86.0. The normalized spacial score (nSPS) is 14.6. The largest absolute Gasteiger partial charge is 0.476 e. The summed E-state index contributed by atoms with van der Waals surface area (Å²) in [5.74, 6) is -2.96. The maximum Gasteiger partial charge on any atom is 0.407 e. The number of nitrogens with two attached hydrogens (primary N) is 4. The van der Waals surface area contributed by atoms with Crippen LogP contribution in [0.2, 0.25) is 0 Å². The van der Waals surface area contributed by atoms with Gasteiger partial charge in [0.15, 0.2) is 5.69 Å². The molecule has 22 N–H and O–H groups in total. The predicted octanol–water partition coefficient (Wildman–Crippen LogP) is 19.1. The second-order valence-corrected chi connectivity index (χ2v) is 45.4. The third kappa shape index (κ3) is 33.2. The number of nitriles is 1. The molecule has 3 saturated carbocycles. The van der Waals surface area contributed by atoms with Crippen molar-refractivity contribution < 1.29 is 85.1 Å². The second kappa shape index (κ2) is 50.7. The number of nitrogens with one attached hydrogen (secondary N) is 6. The Morgan fingerprint density at radius 1 is 0.476 bits per heavy atom. The summed E-state index contributed by atoms with van der Waals surface area (Å²) in [6, 6.07) is 53.1. The molecule has 10 aromatic rings. The van der Waals surface area contributed by atoms with Crippen LogP contribution in [0.1, 0.15) is 273 Å². The lowest BCUT2D eigenvalue weighted by atomic mass is 9.79. The summed E-state index contributed by atoms with van der Waals surface area (Å²) in [5.41, 5.74) is 26.6. The molecule has 33 nitrogen and oxygen atoms in total. The number of alkyl carbamates (subject to hydrolysis) is 2. The number of anilines is 3. The van der Waals surface area contributed by atoms with E-state index in [0.717, 1.165) is 59.9 Å². The molecule has 0 aliphatic heterocycles. The number of aromatic nitrogens is 4. The first-order chi connectivity index (χ1) is 65.7. The highest BCUT2D eigenvalue weighted by molar-refractivity contribution is 7.85. The molecule has 0 radical (unpaired) electrons. The van der Waals surface area contributed by atoms with Crippen LogP contribution in [0.3, 0.4) is 0 Å². The molecule has 2 heterocycles. The summed E-state index contributed by atoms with van der Waals surface area (Å²) < 4.78 is 105. The molecular formula is C103H130ClF3N18O15S3. The Morgan fingerprint density at radius 3 is 1.09 bits per heavy atom. The van der Waals surface area contributed by atoms with Gasteiger partial charge in [-0.15, -0.1) is 12.4 Å². The van der Waals surface area contributed by atoms with E-state index >= 15 is 4.39 Å². The molecule has 0 bridgehead atoms. The van der Waals surface area contributed by atoms with Crippen LogP contribution < -0.4 is 59.2 Å². The summed E-state index contributed by atoms with van der Waals surface area (Å²) in [6.45, 7) is 42.5. The molecular weight excluding hydrogens is 1920 g/mol. The van der Waals surface area contributed by atoms with Gasteiger partial charge in [-0.25, -0.2) is 54.3 Å². The van der Waals surface area contributed by atoms with E-state index in [9.17, 15) is 60.5 Å². The van der Waals surface area contributed by atoms with Gasteiger partial charge in [-0.2, -0.15) is 14.6 Å². The van der Waals surface area contributed by atoms with E-state index in [1.165, 1.54) is 71.4 Å². The first kappa shape index (κ1) is 119. The predicted molar refractivity (Wildman–Crippen MR) is 552 cm³/mol. The minimum Gasteiger partial charge on any atom is -0.476 e. The summed E-state index contributed by atoms with van der Waals surface area (Å²) in [5, 5.41) is 46.7. The molecule has 5 amide bonds. The molecule has 5 unspecified atom stereocenters. The van der Waals surface area contributed by atoms with E-state index in [2.05, 4.69) is 56.1 Å². The first-order valence-electron chi connectivity index (χ1n) is 45.4. The molecule has 3 aliphatic carbocycles. The van der Waals surface area contributed by atoms with Crippen LogP contribution in [0.4, 0.5) is 51.5 Å². The zero-order chi connectivity index (χ0) is 103. The summed E-state index contributed by atoms with van der Waals surface area (Å²) in [4.78, 5) is 79.3. The number of hydrogen-bond donors (Lipinski definition) is 14. The van der Waals surface area contributed by atoms with Crippen LogP contribution in [0, 0.1) is 59.7 Å². The number of benzene rings is 8. The molecule has 8 aromatic carbocycles. The maximum absolute atomic E-state index is 15.7. The average Bonchev–Trinajstić information content (AvgIpc) is 1.74. The monoisotopic (exact) mass is 2050 g/mol. The Kier molecular flexibility index (Phi) is 42.1. The Bertz CT molecular complexity index is 6330. The van der Waals surface area contributed by atoms with Gasteiger partial charge in [0, 0.05) is 30.3 Å². The lowest BCUT2D eigenvalue weighted by Crippen LogP contribution is -2.49. The topological polar surface area (TPSA) is 544 Å². The molecule has 0 saturated heterocycles. The number of nitrogen functional groups attached to an aromatic ring is 2. The highest BCUT2D eigenvalue weighted by Crippen LogP contribution is 2.47. The van der Waals surface area contributed by atoms with Gasteiger partial charge >= 0.3 is 18.2 Å².